The monoisotopic (exact) mass is 345 g/mol. The van der Waals surface area contributed by atoms with E-state index in [4.69, 9.17) is 0 Å². The molecular formula is C18H23N3O2S. The van der Waals surface area contributed by atoms with Crippen molar-refractivity contribution >= 4 is 28.8 Å². The van der Waals surface area contributed by atoms with E-state index in [1.807, 2.05) is 60.5 Å². The second-order valence-electron chi connectivity index (χ2n) is 5.52. The van der Waals surface area contributed by atoms with Crippen molar-refractivity contribution in [3.05, 3.63) is 52.2 Å². The smallest absolute Gasteiger partial charge is 0.238 e. The van der Waals surface area contributed by atoms with E-state index >= 15 is 0 Å². The van der Waals surface area contributed by atoms with Crippen LogP contribution < -0.4 is 10.6 Å². The molecule has 0 unspecified atom stereocenters. The number of carbonyl (C=O) groups is 2. The topological polar surface area (TPSA) is 61.4 Å². The average molecular weight is 345 g/mol. The number of amides is 2. The third-order valence-electron chi connectivity index (χ3n) is 3.64. The van der Waals surface area contributed by atoms with E-state index in [9.17, 15) is 9.59 Å². The summed E-state index contributed by atoms with van der Waals surface area (Å²) in [5.41, 5.74) is 1.82. The molecule has 24 heavy (non-hydrogen) atoms. The van der Waals surface area contributed by atoms with Crippen LogP contribution in [0.4, 0.5) is 5.69 Å². The lowest BCUT2D eigenvalue weighted by molar-refractivity contribution is -0.123. The van der Waals surface area contributed by atoms with E-state index in [-0.39, 0.29) is 24.9 Å². The molecule has 5 nitrogen and oxygen atoms in total. The highest BCUT2D eigenvalue weighted by Gasteiger charge is 2.13. The largest absolute Gasteiger partial charge is 0.350 e. The number of thiophene rings is 1. The Balaban J connectivity index is 1.79. The van der Waals surface area contributed by atoms with Gasteiger partial charge in [-0.25, -0.2) is 0 Å². The quantitative estimate of drug-likeness (QED) is 0.773. The minimum Gasteiger partial charge on any atom is -0.350 e. The lowest BCUT2D eigenvalue weighted by Gasteiger charge is -2.19. The highest BCUT2D eigenvalue weighted by molar-refractivity contribution is 7.09. The molecule has 0 aliphatic heterocycles. The normalized spacial score (nSPS) is 10.6. The predicted molar refractivity (Wildman–Crippen MR) is 98.1 cm³/mol. The SMILES string of the molecule is CCN(CC(=O)NCc1cccs1)CC(=O)Nc1ccccc1C. The molecule has 0 saturated heterocycles. The molecule has 2 rings (SSSR count). The molecule has 2 N–H and O–H groups in total. The van der Waals surface area contributed by atoms with E-state index in [1.54, 1.807) is 11.3 Å². The Morgan fingerprint density at radius 3 is 2.50 bits per heavy atom. The first-order chi connectivity index (χ1) is 11.6. The summed E-state index contributed by atoms with van der Waals surface area (Å²) in [6.45, 7) is 5.45. The van der Waals surface area contributed by atoms with Crippen molar-refractivity contribution in [2.24, 2.45) is 0 Å². The van der Waals surface area contributed by atoms with Crippen LogP contribution in [0.15, 0.2) is 41.8 Å². The number of nitrogens with zero attached hydrogens (tertiary/aromatic N) is 1. The molecule has 0 atom stereocenters. The molecule has 0 aliphatic rings. The number of carbonyl (C=O) groups excluding carboxylic acids is 2. The fourth-order valence-electron chi connectivity index (χ4n) is 2.24. The fourth-order valence-corrected chi connectivity index (χ4v) is 2.89. The zero-order chi connectivity index (χ0) is 17.4. The van der Waals surface area contributed by atoms with E-state index in [0.717, 1.165) is 16.1 Å². The summed E-state index contributed by atoms with van der Waals surface area (Å²) in [4.78, 5) is 27.1. The Morgan fingerprint density at radius 1 is 1.08 bits per heavy atom. The molecule has 0 spiro atoms. The summed E-state index contributed by atoms with van der Waals surface area (Å²) in [6.07, 6.45) is 0. The Hall–Kier alpha value is -2.18. The lowest BCUT2D eigenvalue weighted by atomic mass is 10.2. The molecular weight excluding hydrogens is 322 g/mol. The van der Waals surface area contributed by atoms with Gasteiger partial charge in [-0.15, -0.1) is 11.3 Å². The van der Waals surface area contributed by atoms with Crippen LogP contribution >= 0.6 is 11.3 Å². The van der Waals surface area contributed by atoms with Crippen LogP contribution in [0.5, 0.6) is 0 Å². The van der Waals surface area contributed by atoms with Gasteiger partial charge in [-0.2, -0.15) is 0 Å². The second-order valence-corrected chi connectivity index (χ2v) is 6.55. The Labute approximate surface area is 146 Å². The maximum Gasteiger partial charge on any atom is 0.238 e. The van der Waals surface area contributed by atoms with Gasteiger partial charge in [0.25, 0.3) is 0 Å². The first-order valence-electron chi connectivity index (χ1n) is 7.95. The van der Waals surface area contributed by atoms with Crippen molar-refractivity contribution in [1.82, 2.24) is 10.2 Å². The van der Waals surface area contributed by atoms with E-state index in [1.165, 1.54) is 0 Å². The zero-order valence-corrected chi connectivity index (χ0v) is 14.9. The summed E-state index contributed by atoms with van der Waals surface area (Å²) >= 11 is 1.61. The van der Waals surface area contributed by atoms with Crippen LogP contribution in [0, 0.1) is 6.92 Å². The van der Waals surface area contributed by atoms with Crippen molar-refractivity contribution < 1.29 is 9.59 Å². The average Bonchev–Trinajstić information content (AvgIpc) is 3.08. The van der Waals surface area contributed by atoms with E-state index in [0.29, 0.717) is 13.1 Å². The molecule has 0 saturated carbocycles. The highest BCUT2D eigenvalue weighted by Crippen LogP contribution is 2.13. The van der Waals surface area contributed by atoms with Crippen LogP contribution in [-0.4, -0.2) is 36.3 Å². The molecule has 1 aromatic carbocycles. The number of hydrogen-bond donors (Lipinski definition) is 2. The molecule has 0 aliphatic carbocycles. The van der Waals surface area contributed by atoms with Gasteiger partial charge in [0.15, 0.2) is 0 Å². The van der Waals surface area contributed by atoms with Crippen molar-refractivity contribution in [3.63, 3.8) is 0 Å². The van der Waals surface area contributed by atoms with E-state index < -0.39 is 0 Å². The number of rotatable bonds is 8. The van der Waals surface area contributed by atoms with Crippen LogP contribution in [0.1, 0.15) is 17.4 Å². The number of likely N-dealkylation sites (N-methyl/N-ethyl adjacent to an activating group) is 1. The summed E-state index contributed by atoms with van der Waals surface area (Å²) < 4.78 is 0. The Morgan fingerprint density at radius 2 is 1.83 bits per heavy atom. The van der Waals surface area contributed by atoms with Gasteiger partial charge in [0.2, 0.25) is 11.8 Å². The molecule has 1 aromatic heterocycles. The summed E-state index contributed by atoms with van der Waals surface area (Å²) in [5.74, 6) is -0.189. The van der Waals surface area contributed by atoms with Gasteiger partial charge in [0.1, 0.15) is 0 Å². The summed E-state index contributed by atoms with van der Waals surface area (Å²) in [5, 5.41) is 7.75. The molecule has 6 heteroatoms. The molecule has 2 aromatic rings. The number of nitrogens with one attached hydrogen (secondary N) is 2. The van der Waals surface area contributed by atoms with Gasteiger partial charge < -0.3 is 10.6 Å². The van der Waals surface area contributed by atoms with Gasteiger partial charge in [0, 0.05) is 10.6 Å². The van der Waals surface area contributed by atoms with Gasteiger partial charge in [-0.05, 0) is 36.5 Å². The minimum absolute atomic E-state index is 0.0751. The minimum atomic E-state index is -0.114. The lowest BCUT2D eigenvalue weighted by Crippen LogP contribution is -2.40. The molecule has 0 radical (unpaired) electrons. The van der Waals surface area contributed by atoms with Crippen LogP contribution in [0.2, 0.25) is 0 Å². The van der Waals surface area contributed by atoms with Crippen molar-refractivity contribution in [1.29, 1.82) is 0 Å². The Kier molecular flexibility index (Phi) is 6.96. The molecule has 0 fully saturated rings. The number of benzene rings is 1. The molecule has 1 heterocycles. The van der Waals surface area contributed by atoms with Crippen molar-refractivity contribution in [2.75, 3.05) is 25.0 Å². The molecule has 0 bridgehead atoms. The Bertz CT molecular complexity index is 671. The third kappa shape index (κ3) is 5.79. The third-order valence-corrected chi connectivity index (χ3v) is 4.52. The predicted octanol–water partition coefficient (Wildman–Crippen LogP) is 2.63. The summed E-state index contributed by atoms with van der Waals surface area (Å²) in [6, 6.07) is 11.6. The van der Waals surface area contributed by atoms with E-state index in [2.05, 4.69) is 10.6 Å². The fraction of sp³-hybridized carbons (Fsp3) is 0.333. The number of para-hydroxylation sites is 1. The second kappa shape index (κ2) is 9.20. The van der Waals surface area contributed by atoms with Gasteiger partial charge in [0.05, 0.1) is 19.6 Å². The van der Waals surface area contributed by atoms with Crippen LogP contribution in [-0.2, 0) is 16.1 Å². The highest BCUT2D eigenvalue weighted by atomic mass is 32.1. The van der Waals surface area contributed by atoms with Gasteiger partial charge in [-0.3, -0.25) is 14.5 Å². The maximum atomic E-state index is 12.2. The maximum absolute atomic E-state index is 12.2. The first kappa shape index (κ1) is 18.2. The van der Waals surface area contributed by atoms with Gasteiger partial charge in [-0.1, -0.05) is 31.2 Å². The number of anilines is 1. The molecule has 2 amide bonds. The zero-order valence-electron chi connectivity index (χ0n) is 14.0. The number of hydrogen-bond acceptors (Lipinski definition) is 4. The number of aryl methyl sites for hydroxylation is 1. The first-order valence-corrected chi connectivity index (χ1v) is 8.83. The van der Waals surface area contributed by atoms with Gasteiger partial charge >= 0.3 is 0 Å². The van der Waals surface area contributed by atoms with Crippen LogP contribution in [0.3, 0.4) is 0 Å². The standard InChI is InChI=1S/C18H23N3O2S/c1-3-21(12-17(22)19-11-15-8-6-10-24-15)13-18(23)20-16-9-5-4-7-14(16)2/h4-10H,3,11-13H2,1-2H3,(H,19,22)(H,20,23). The molecule has 128 valence electrons. The van der Waals surface area contributed by atoms with Crippen LogP contribution in [0.25, 0.3) is 0 Å². The van der Waals surface area contributed by atoms with Crippen molar-refractivity contribution in [3.8, 4) is 0 Å². The summed E-state index contributed by atoms with van der Waals surface area (Å²) in [7, 11) is 0. The van der Waals surface area contributed by atoms with Crippen molar-refractivity contribution in [2.45, 2.75) is 20.4 Å².